The molecule has 0 aliphatic heterocycles. The molecular formula is C21H22N4O5S. The van der Waals surface area contributed by atoms with Crippen LogP contribution in [0.2, 0.25) is 0 Å². The predicted molar refractivity (Wildman–Crippen MR) is 116 cm³/mol. The largest absolute Gasteiger partial charge is 0.328 e. The molecule has 3 N–H and O–H groups in total. The van der Waals surface area contributed by atoms with Crippen LogP contribution >= 0.6 is 0 Å². The number of sulfonamides is 1. The Labute approximate surface area is 178 Å². The Kier molecular flexibility index (Phi) is 7.16. The molecule has 0 aliphatic carbocycles. The molecule has 31 heavy (non-hydrogen) atoms. The minimum absolute atomic E-state index is 0.00699. The summed E-state index contributed by atoms with van der Waals surface area (Å²) in [6.07, 6.45) is 1.90. The van der Waals surface area contributed by atoms with Crippen LogP contribution in [0.3, 0.4) is 0 Å². The van der Waals surface area contributed by atoms with Crippen LogP contribution in [0.25, 0.3) is 0 Å². The molecule has 1 aromatic heterocycles. The minimum Gasteiger partial charge on any atom is -0.326 e. The third-order valence-electron chi connectivity index (χ3n) is 4.47. The Bertz CT molecular complexity index is 1250. The molecule has 2 aromatic carbocycles. The minimum atomic E-state index is -3.66. The molecule has 10 heteroatoms. The molecule has 3 rings (SSSR count). The zero-order valence-corrected chi connectivity index (χ0v) is 17.4. The fraction of sp³-hybridized carbons (Fsp3) is 0.190. The molecule has 0 spiro atoms. The maximum absolute atomic E-state index is 12.4. The lowest BCUT2D eigenvalue weighted by atomic mass is 10.2. The number of hydrogen-bond donors (Lipinski definition) is 3. The number of anilines is 1. The van der Waals surface area contributed by atoms with E-state index in [9.17, 15) is 22.8 Å². The van der Waals surface area contributed by atoms with Gasteiger partial charge in [-0.1, -0.05) is 30.3 Å². The van der Waals surface area contributed by atoms with Crippen molar-refractivity contribution in [2.24, 2.45) is 0 Å². The van der Waals surface area contributed by atoms with Crippen LogP contribution in [-0.4, -0.2) is 30.4 Å². The summed E-state index contributed by atoms with van der Waals surface area (Å²) in [5, 5.41) is 2.64. The van der Waals surface area contributed by atoms with Gasteiger partial charge >= 0.3 is 5.69 Å². The van der Waals surface area contributed by atoms with E-state index in [0.29, 0.717) is 12.1 Å². The second kappa shape index (κ2) is 10.0. The second-order valence-electron chi connectivity index (χ2n) is 6.76. The van der Waals surface area contributed by atoms with E-state index in [-0.39, 0.29) is 30.3 Å². The number of aromatic nitrogens is 2. The fourth-order valence-electron chi connectivity index (χ4n) is 2.84. The lowest BCUT2D eigenvalue weighted by molar-refractivity contribution is -0.116. The Balaban J connectivity index is 1.52. The van der Waals surface area contributed by atoms with Crippen molar-refractivity contribution in [1.29, 1.82) is 0 Å². The summed E-state index contributed by atoms with van der Waals surface area (Å²) in [6.45, 7) is 0.369. The van der Waals surface area contributed by atoms with Crippen LogP contribution in [0, 0.1) is 0 Å². The van der Waals surface area contributed by atoms with Gasteiger partial charge in [0.1, 0.15) is 0 Å². The van der Waals surface area contributed by atoms with E-state index in [1.165, 1.54) is 41.1 Å². The highest BCUT2D eigenvalue weighted by molar-refractivity contribution is 7.89. The molecule has 0 aliphatic rings. The van der Waals surface area contributed by atoms with Crippen LogP contribution in [0.4, 0.5) is 5.69 Å². The smallest absolute Gasteiger partial charge is 0.326 e. The maximum atomic E-state index is 12.4. The third-order valence-corrected chi connectivity index (χ3v) is 5.95. The zero-order valence-electron chi connectivity index (χ0n) is 16.6. The highest BCUT2D eigenvalue weighted by Crippen LogP contribution is 2.14. The zero-order chi connectivity index (χ0) is 22.3. The normalized spacial score (nSPS) is 11.2. The van der Waals surface area contributed by atoms with Gasteiger partial charge in [-0.25, -0.2) is 17.9 Å². The van der Waals surface area contributed by atoms with Crippen molar-refractivity contribution in [3.05, 3.63) is 93.3 Å². The first kappa shape index (κ1) is 22.2. The summed E-state index contributed by atoms with van der Waals surface area (Å²) in [5.74, 6) is -0.352. The van der Waals surface area contributed by atoms with Crippen LogP contribution < -0.4 is 21.3 Å². The molecule has 0 fully saturated rings. The van der Waals surface area contributed by atoms with Crippen molar-refractivity contribution in [3.8, 4) is 0 Å². The lowest BCUT2D eigenvalue weighted by Gasteiger charge is -2.09. The van der Waals surface area contributed by atoms with Crippen molar-refractivity contribution in [2.75, 3.05) is 11.9 Å². The summed E-state index contributed by atoms with van der Waals surface area (Å²) < 4.78 is 28.6. The number of amides is 1. The Morgan fingerprint density at radius 2 is 1.68 bits per heavy atom. The van der Waals surface area contributed by atoms with E-state index in [1.54, 1.807) is 0 Å². The first-order chi connectivity index (χ1) is 14.8. The Morgan fingerprint density at radius 3 is 2.35 bits per heavy atom. The maximum Gasteiger partial charge on any atom is 0.328 e. The van der Waals surface area contributed by atoms with Gasteiger partial charge < -0.3 is 9.88 Å². The molecule has 0 radical (unpaired) electrons. The molecular weight excluding hydrogens is 420 g/mol. The van der Waals surface area contributed by atoms with E-state index >= 15 is 0 Å². The van der Waals surface area contributed by atoms with Crippen molar-refractivity contribution < 1.29 is 13.2 Å². The van der Waals surface area contributed by atoms with Gasteiger partial charge in [-0.05, 0) is 36.2 Å². The molecule has 3 aromatic rings. The van der Waals surface area contributed by atoms with Crippen molar-refractivity contribution >= 4 is 21.6 Å². The van der Waals surface area contributed by atoms with E-state index in [1.807, 2.05) is 30.3 Å². The van der Waals surface area contributed by atoms with Gasteiger partial charge in [0.05, 0.1) is 4.90 Å². The molecule has 0 saturated carbocycles. The van der Waals surface area contributed by atoms with Crippen LogP contribution in [0.1, 0.15) is 12.0 Å². The quantitative estimate of drug-likeness (QED) is 0.457. The van der Waals surface area contributed by atoms with Gasteiger partial charge in [0, 0.05) is 37.5 Å². The summed E-state index contributed by atoms with van der Waals surface area (Å²) in [7, 11) is -3.66. The number of benzene rings is 2. The van der Waals surface area contributed by atoms with E-state index in [0.717, 1.165) is 5.56 Å². The number of aromatic amines is 1. The Hall–Kier alpha value is -3.50. The number of carbonyl (C=O) groups is 1. The lowest BCUT2D eigenvalue weighted by Crippen LogP contribution is -2.29. The molecule has 0 unspecified atom stereocenters. The first-order valence-corrected chi connectivity index (χ1v) is 11.0. The number of aryl methyl sites for hydroxylation is 1. The van der Waals surface area contributed by atoms with Gasteiger partial charge in [0.2, 0.25) is 15.9 Å². The molecule has 1 amide bonds. The third kappa shape index (κ3) is 6.49. The van der Waals surface area contributed by atoms with Crippen molar-refractivity contribution in [1.82, 2.24) is 14.3 Å². The fourth-order valence-corrected chi connectivity index (χ4v) is 3.87. The number of nitrogens with one attached hydrogen (secondary N) is 3. The summed E-state index contributed by atoms with van der Waals surface area (Å²) in [5.41, 5.74) is 0.374. The summed E-state index contributed by atoms with van der Waals surface area (Å²) in [6, 6.07) is 16.6. The molecule has 9 nitrogen and oxygen atoms in total. The molecule has 162 valence electrons. The van der Waals surface area contributed by atoms with E-state index in [2.05, 4.69) is 15.0 Å². The van der Waals surface area contributed by atoms with Gasteiger partial charge in [-0.15, -0.1) is 0 Å². The molecule has 0 atom stereocenters. The van der Waals surface area contributed by atoms with E-state index < -0.39 is 21.3 Å². The number of nitrogens with zero attached hydrogens (tertiary/aromatic N) is 1. The highest BCUT2D eigenvalue weighted by atomic mass is 32.2. The van der Waals surface area contributed by atoms with Crippen molar-refractivity contribution in [2.45, 2.75) is 24.3 Å². The average Bonchev–Trinajstić information content (AvgIpc) is 2.74. The van der Waals surface area contributed by atoms with Crippen LogP contribution in [0.15, 0.2) is 81.3 Å². The second-order valence-corrected chi connectivity index (χ2v) is 8.53. The van der Waals surface area contributed by atoms with Crippen molar-refractivity contribution in [3.63, 3.8) is 0 Å². The molecule has 0 bridgehead atoms. The number of hydrogen-bond acceptors (Lipinski definition) is 5. The van der Waals surface area contributed by atoms with Crippen LogP contribution in [-0.2, 0) is 27.8 Å². The molecule has 1 heterocycles. The van der Waals surface area contributed by atoms with Crippen LogP contribution in [0.5, 0.6) is 0 Å². The van der Waals surface area contributed by atoms with E-state index in [4.69, 9.17) is 0 Å². The average molecular weight is 442 g/mol. The summed E-state index contributed by atoms with van der Waals surface area (Å²) in [4.78, 5) is 37.0. The molecule has 0 saturated heterocycles. The standard InChI is InChI=1S/C21H22N4O5S/c26-19(11-14-25-15-12-20(27)24-21(25)28)23-17-6-8-18(9-7-17)31(29,30)22-13-10-16-4-2-1-3-5-16/h1-9,12,15,22H,10-11,13-14H2,(H,23,26)(H,24,27,28). The predicted octanol–water partition coefficient (Wildman–Crippen LogP) is 1.09. The SMILES string of the molecule is O=C(CCn1ccc(=O)[nH]c1=O)Nc1ccc(S(=O)(=O)NCCc2ccccc2)cc1. The first-order valence-electron chi connectivity index (χ1n) is 9.57. The van der Waals surface area contributed by atoms with Gasteiger partial charge in [-0.2, -0.15) is 0 Å². The van der Waals surface area contributed by atoms with Gasteiger partial charge in [0.15, 0.2) is 0 Å². The number of carbonyl (C=O) groups excluding carboxylic acids is 1. The topological polar surface area (TPSA) is 130 Å². The number of rotatable bonds is 9. The monoisotopic (exact) mass is 442 g/mol. The number of H-pyrrole nitrogens is 1. The highest BCUT2D eigenvalue weighted by Gasteiger charge is 2.13. The Morgan fingerprint density at radius 1 is 0.968 bits per heavy atom. The van der Waals surface area contributed by atoms with Gasteiger partial charge in [-0.3, -0.25) is 14.6 Å². The van der Waals surface area contributed by atoms with Gasteiger partial charge in [0.25, 0.3) is 5.56 Å². The summed E-state index contributed by atoms with van der Waals surface area (Å²) >= 11 is 0.